The molecule has 0 unspecified atom stereocenters. The monoisotopic (exact) mass is 398 g/mol. The maximum absolute atomic E-state index is 13.0. The first-order valence-corrected chi connectivity index (χ1v) is 9.37. The van der Waals surface area contributed by atoms with Gasteiger partial charge in [-0.15, -0.1) is 6.58 Å². The molecule has 0 spiro atoms. The fourth-order valence-corrected chi connectivity index (χ4v) is 3.42. The first-order chi connectivity index (χ1) is 13.1. The van der Waals surface area contributed by atoms with Gasteiger partial charge >= 0.3 is 0 Å². The van der Waals surface area contributed by atoms with Crippen molar-refractivity contribution in [1.82, 2.24) is 9.47 Å². The van der Waals surface area contributed by atoms with Gasteiger partial charge in [0.2, 0.25) is 0 Å². The zero-order valence-corrected chi connectivity index (χ0v) is 16.3. The van der Waals surface area contributed by atoms with E-state index in [1.165, 1.54) is 5.56 Å². The predicted octanol–water partition coefficient (Wildman–Crippen LogP) is 5.67. The van der Waals surface area contributed by atoms with E-state index in [0.717, 1.165) is 12.2 Å². The van der Waals surface area contributed by atoms with Gasteiger partial charge in [0.1, 0.15) is 0 Å². The van der Waals surface area contributed by atoms with Crippen molar-refractivity contribution >= 4 is 29.1 Å². The number of carbonyl (C=O) groups is 1. The summed E-state index contributed by atoms with van der Waals surface area (Å²) < 4.78 is 2.14. The van der Waals surface area contributed by atoms with Crippen LogP contribution in [0.5, 0.6) is 0 Å². The molecule has 0 aliphatic rings. The lowest BCUT2D eigenvalue weighted by Crippen LogP contribution is -2.31. The van der Waals surface area contributed by atoms with E-state index in [9.17, 15) is 4.79 Å². The Bertz CT molecular complexity index is 934. The maximum atomic E-state index is 13.0. The van der Waals surface area contributed by atoms with E-state index >= 15 is 0 Å². The number of aromatic nitrogens is 1. The Morgan fingerprint density at radius 3 is 2.56 bits per heavy atom. The van der Waals surface area contributed by atoms with Crippen LogP contribution in [0.15, 0.2) is 79.5 Å². The summed E-state index contributed by atoms with van der Waals surface area (Å²) in [7, 11) is 0. The summed E-state index contributed by atoms with van der Waals surface area (Å²) in [5.74, 6) is -0.149. The third-order valence-electron chi connectivity index (χ3n) is 4.27. The number of halogens is 2. The van der Waals surface area contributed by atoms with Crippen molar-refractivity contribution in [3.63, 3.8) is 0 Å². The molecule has 0 saturated carbocycles. The van der Waals surface area contributed by atoms with Crippen molar-refractivity contribution in [1.29, 1.82) is 0 Å². The molecule has 3 nitrogen and oxygen atoms in total. The van der Waals surface area contributed by atoms with Crippen LogP contribution in [0.2, 0.25) is 10.0 Å². The van der Waals surface area contributed by atoms with Crippen LogP contribution in [0.25, 0.3) is 0 Å². The molecule has 0 aliphatic carbocycles. The molecule has 5 heteroatoms. The van der Waals surface area contributed by atoms with Crippen LogP contribution >= 0.6 is 23.2 Å². The summed E-state index contributed by atoms with van der Waals surface area (Å²) in [6, 6.07) is 19.1. The maximum Gasteiger partial charge on any atom is 0.256 e. The predicted molar refractivity (Wildman–Crippen MR) is 111 cm³/mol. The van der Waals surface area contributed by atoms with Crippen molar-refractivity contribution < 1.29 is 4.79 Å². The second-order valence-corrected chi connectivity index (χ2v) is 7.06. The third kappa shape index (κ3) is 4.82. The van der Waals surface area contributed by atoms with Gasteiger partial charge in [-0.05, 0) is 35.9 Å². The van der Waals surface area contributed by atoms with Crippen molar-refractivity contribution in [3.8, 4) is 0 Å². The Balaban J connectivity index is 1.82. The number of carbonyl (C=O) groups excluding carboxylic acids is 1. The molecule has 0 bridgehead atoms. The van der Waals surface area contributed by atoms with E-state index in [-0.39, 0.29) is 5.91 Å². The molecule has 1 heterocycles. The molecule has 0 aliphatic heterocycles. The lowest BCUT2D eigenvalue weighted by Gasteiger charge is -2.23. The molecule has 3 aromatic rings. The normalized spacial score (nSPS) is 10.6. The molecule has 0 radical (unpaired) electrons. The fourth-order valence-electron chi connectivity index (χ4n) is 2.93. The molecule has 1 aromatic heterocycles. The Labute approximate surface area is 169 Å². The lowest BCUT2D eigenvalue weighted by molar-refractivity contribution is 0.0759. The first-order valence-electron chi connectivity index (χ1n) is 8.61. The summed E-state index contributed by atoms with van der Waals surface area (Å²) in [6.07, 6.45) is 3.74. The summed E-state index contributed by atoms with van der Waals surface area (Å²) in [5, 5.41) is 0.852. The molecule has 3 rings (SSSR count). The topological polar surface area (TPSA) is 25.2 Å². The van der Waals surface area contributed by atoms with E-state index in [2.05, 4.69) is 23.3 Å². The Morgan fingerprint density at radius 2 is 1.85 bits per heavy atom. The largest absolute Gasteiger partial charge is 0.345 e. The summed E-state index contributed by atoms with van der Waals surface area (Å²) in [5.41, 5.74) is 2.68. The average molecular weight is 399 g/mol. The first kappa shape index (κ1) is 19.3. The fraction of sp³-hybridized carbons (Fsp3) is 0.136. The zero-order valence-electron chi connectivity index (χ0n) is 14.8. The Hall–Kier alpha value is -2.49. The average Bonchev–Trinajstić information content (AvgIpc) is 3.08. The molecule has 0 atom stereocenters. The molecule has 1 amide bonds. The number of rotatable bonds is 7. The van der Waals surface area contributed by atoms with E-state index in [1.54, 1.807) is 29.2 Å². The molecular weight excluding hydrogens is 379 g/mol. The van der Waals surface area contributed by atoms with Gasteiger partial charge in [0.15, 0.2) is 0 Å². The number of hydrogen-bond donors (Lipinski definition) is 0. The van der Waals surface area contributed by atoms with Crippen LogP contribution < -0.4 is 0 Å². The van der Waals surface area contributed by atoms with Crippen LogP contribution in [-0.2, 0) is 13.1 Å². The highest BCUT2D eigenvalue weighted by Crippen LogP contribution is 2.23. The van der Waals surface area contributed by atoms with Gasteiger partial charge in [-0.1, -0.05) is 59.6 Å². The van der Waals surface area contributed by atoms with Gasteiger partial charge in [-0.3, -0.25) is 4.79 Å². The van der Waals surface area contributed by atoms with Crippen molar-refractivity contribution in [3.05, 3.63) is 106 Å². The quantitative estimate of drug-likeness (QED) is 0.470. The van der Waals surface area contributed by atoms with Crippen LogP contribution in [0.3, 0.4) is 0 Å². The molecule has 0 fully saturated rings. The van der Waals surface area contributed by atoms with Crippen LogP contribution in [0.4, 0.5) is 0 Å². The number of benzene rings is 2. The summed E-state index contributed by atoms with van der Waals surface area (Å²) >= 11 is 12.2. The lowest BCUT2D eigenvalue weighted by atomic mass is 10.2. The van der Waals surface area contributed by atoms with Gasteiger partial charge < -0.3 is 9.47 Å². The van der Waals surface area contributed by atoms with E-state index in [1.807, 2.05) is 36.5 Å². The minimum atomic E-state index is -0.149. The summed E-state index contributed by atoms with van der Waals surface area (Å²) in [6.45, 7) is 5.42. The highest BCUT2D eigenvalue weighted by molar-refractivity contribution is 6.36. The number of nitrogens with zero attached hydrogens (tertiary/aromatic N) is 2. The Kier molecular flexibility index (Phi) is 6.38. The van der Waals surface area contributed by atoms with E-state index in [0.29, 0.717) is 28.7 Å². The van der Waals surface area contributed by atoms with Gasteiger partial charge in [-0.2, -0.15) is 0 Å². The molecule has 2 aromatic carbocycles. The number of hydrogen-bond acceptors (Lipinski definition) is 1. The molecular formula is C22H20Cl2N2O. The van der Waals surface area contributed by atoms with Gasteiger partial charge in [0.25, 0.3) is 5.91 Å². The zero-order chi connectivity index (χ0) is 19.2. The Morgan fingerprint density at radius 1 is 1.07 bits per heavy atom. The highest BCUT2D eigenvalue weighted by Gasteiger charge is 2.19. The second kappa shape index (κ2) is 8.94. The standard InChI is InChI=1S/C22H20Cl2N2O/c1-2-12-26(22(27)20-11-10-18(23)14-21(20)24)16-19-9-6-13-25(19)15-17-7-4-3-5-8-17/h2-11,13-14H,1,12,15-16H2. The smallest absolute Gasteiger partial charge is 0.256 e. The van der Waals surface area contributed by atoms with Crippen LogP contribution in [0, 0.1) is 0 Å². The van der Waals surface area contributed by atoms with Crippen molar-refractivity contribution in [2.24, 2.45) is 0 Å². The molecule has 0 saturated heterocycles. The second-order valence-electron chi connectivity index (χ2n) is 6.21. The minimum Gasteiger partial charge on any atom is -0.345 e. The van der Waals surface area contributed by atoms with Gasteiger partial charge in [-0.25, -0.2) is 0 Å². The van der Waals surface area contributed by atoms with E-state index < -0.39 is 0 Å². The highest BCUT2D eigenvalue weighted by atomic mass is 35.5. The van der Waals surface area contributed by atoms with Gasteiger partial charge in [0.05, 0.1) is 17.1 Å². The van der Waals surface area contributed by atoms with Gasteiger partial charge in [0, 0.05) is 30.0 Å². The summed E-state index contributed by atoms with van der Waals surface area (Å²) in [4.78, 5) is 14.7. The molecule has 27 heavy (non-hydrogen) atoms. The number of amides is 1. The van der Waals surface area contributed by atoms with E-state index in [4.69, 9.17) is 23.2 Å². The molecule has 0 N–H and O–H groups in total. The van der Waals surface area contributed by atoms with Crippen molar-refractivity contribution in [2.75, 3.05) is 6.54 Å². The SMILES string of the molecule is C=CCN(Cc1cccn1Cc1ccccc1)C(=O)c1ccc(Cl)cc1Cl. The van der Waals surface area contributed by atoms with Crippen LogP contribution in [-0.4, -0.2) is 21.9 Å². The van der Waals surface area contributed by atoms with Crippen molar-refractivity contribution in [2.45, 2.75) is 13.1 Å². The van der Waals surface area contributed by atoms with Crippen LogP contribution in [0.1, 0.15) is 21.6 Å². The third-order valence-corrected chi connectivity index (χ3v) is 4.82. The minimum absolute atomic E-state index is 0.149. The molecule has 138 valence electrons.